The summed E-state index contributed by atoms with van der Waals surface area (Å²) in [5.41, 5.74) is 1.94. The SMILES string of the molecule is O=C1N[C@@H](c2cc([N+](=O)[O-])ccc2N2CCCCC2)Oc2ccccc21. The molecule has 134 valence electrons. The molecule has 0 aliphatic carbocycles. The molecule has 0 saturated carbocycles. The van der Waals surface area contributed by atoms with Gasteiger partial charge < -0.3 is 15.0 Å². The predicted octanol–water partition coefficient (Wildman–Crippen LogP) is 3.41. The van der Waals surface area contributed by atoms with Gasteiger partial charge in [0.2, 0.25) is 6.23 Å². The Kier molecular flexibility index (Phi) is 4.20. The smallest absolute Gasteiger partial charge is 0.270 e. The van der Waals surface area contributed by atoms with Crippen LogP contribution in [0.25, 0.3) is 0 Å². The maximum atomic E-state index is 12.4. The van der Waals surface area contributed by atoms with E-state index in [0.717, 1.165) is 31.6 Å². The molecule has 2 aliphatic rings. The zero-order valence-corrected chi connectivity index (χ0v) is 14.2. The molecule has 1 atom stereocenters. The van der Waals surface area contributed by atoms with Gasteiger partial charge in [0.25, 0.3) is 11.6 Å². The van der Waals surface area contributed by atoms with E-state index in [1.165, 1.54) is 18.6 Å². The third-order valence-corrected chi connectivity index (χ3v) is 4.84. The van der Waals surface area contributed by atoms with Crippen LogP contribution in [0, 0.1) is 10.1 Å². The number of rotatable bonds is 3. The van der Waals surface area contributed by atoms with Gasteiger partial charge in [0.15, 0.2) is 0 Å². The van der Waals surface area contributed by atoms with Crippen molar-refractivity contribution in [1.29, 1.82) is 0 Å². The van der Waals surface area contributed by atoms with Crippen LogP contribution in [-0.2, 0) is 0 Å². The number of hydrogen-bond acceptors (Lipinski definition) is 5. The van der Waals surface area contributed by atoms with E-state index in [9.17, 15) is 14.9 Å². The average molecular weight is 353 g/mol. The van der Waals surface area contributed by atoms with Crippen molar-refractivity contribution in [3.63, 3.8) is 0 Å². The predicted molar refractivity (Wildman–Crippen MR) is 96.4 cm³/mol. The molecule has 1 saturated heterocycles. The summed E-state index contributed by atoms with van der Waals surface area (Å²) in [4.78, 5) is 25.5. The molecule has 0 spiro atoms. The van der Waals surface area contributed by atoms with Crippen molar-refractivity contribution >= 4 is 17.3 Å². The number of nitro benzene ring substituents is 1. The summed E-state index contributed by atoms with van der Waals surface area (Å²) in [5, 5.41) is 14.1. The standard InChI is InChI=1S/C19H19N3O4/c23-18-14-6-2-3-7-17(14)26-19(20-18)15-12-13(22(24)25)8-9-16(15)21-10-4-1-5-11-21/h2-3,6-9,12,19H,1,4-5,10-11H2,(H,20,23)/t19-/m1/s1. The first-order valence-corrected chi connectivity index (χ1v) is 8.73. The Morgan fingerprint density at radius 3 is 2.65 bits per heavy atom. The topological polar surface area (TPSA) is 84.7 Å². The Hall–Kier alpha value is -3.09. The molecule has 0 radical (unpaired) electrons. The van der Waals surface area contributed by atoms with Crippen LogP contribution in [0.3, 0.4) is 0 Å². The molecular formula is C19H19N3O4. The second-order valence-electron chi connectivity index (χ2n) is 6.52. The highest BCUT2D eigenvalue weighted by Crippen LogP contribution is 2.36. The van der Waals surface area contributed by atoms with E-state index in [2.05, 4.69) is 10.2 Å². The van der Waals surface area contributed by atoms with Gasteiger partial charge in [0.05, 0.1) is 10.5 Å². The first-order chi connectivity index (χ1) is 12.6. The highest BCUT2D eigenvalue weighted by molar-refractivity contribution is 5.98. The maximum Gasteiger partial charge on any atom is 0.270 e. The molecule has 0 bridgehead atoms. The largest absolute Gasteiger partial charge is 0.465 e. The number of ether oxygens (including phenoxy) is 1. The molecule has 1 N–H and O–H groups in total. The molecule has 7 heteroatoms. The third kappa shape index (κ3) is 2.96. The Labute approximate surface area is 150 Å². The lowest BCUT2D eigenvalue weighted by Gasteiger charge is -2.34. The van der Waals surface area contributed by atoms with Gasteiger partial charge in [0, 0.05) is 36.5 Å². The van der Waals surface area contributed by atoms with Crippen molar-refractivity contribution < 1.29 is 14.5 Å². The fourth-order valence-corrected chi connectivity index (χ4v) is 3.54. The Morgan fingerprint density at radius 1 is 1.12 bits per heavy atom. The minimum Gasteiger partial charge on any atom is -0.465 e. The average Bonchev–Trinajstić information content (AvgIpc) is 2.68. The molecule has 26 heavy (non-hydrogen) atoms. The molecule has 2 heterocycles. The number of fused-ring (bicyclic) bond motifs is 1. The zero-order chi connectivity index (χ0) is 18.1. The van der Waals surface area contributed by atoms with Crippen LogP contribution in [0.15, 0.2) is 42.5 Å². The quantitative estimate of drug-likeness (QED) is 0.675. The van der Waals surface area contributed by atoms with Crippen molar-refractivity contribution in [2.45, 2.75) is 25.5 Å². The molecule has 1 fully saturated rings. The summed E-state index contributed by atoms with van der Waals surface area (Å²) >= 11 is 0. The number of nitro groups is 1. The lowest BCUT2D eigenvalue weighted by atomic mass is 10.0. The van der Waals surface area contributed by atoms with Crippen LogP contribution in [0.5, 0.6) is 5.75 Å². The van der Waals surface area contributed by atoms with Crippen LogP contribution < -0.4 is 15.0 Å². The first-order valence-electron chi connectivity index (χ1n) is 8.73. The second-order valence-corrected chi connectivity index (χ2v) is 6.52. The molecule has 2 aromatic rings. The number of amides is 1. The minimum absolute atomic E-state index is 0.0162. The number of hydrogen-bond donors (Lipinski definition) is 1. The first kappa shape index (κ1) is 16.4. The number of nitrogens with one attached hydrogen (secondary N) is 1. The molecule has 1 amide bonds. The van der Waals surface area contributed by atoms with Crippen molar-refractivity contribution in [1.82, 2.24) is 5.32 Å². The van der Waals surface area contributed by atoms with Crippen molar-refractivity contribution in [3.05, 3.63) is 63.7 Å². The van der Waals surface area contributed by atoms with Gasteiger partial charge in [-0.1, -0.05) is 12.1 Å². The number of anilines is 1. The molecule has 2 aliphatic heterocycles. The van der Waals surface area contributed by atoms with E-state index in [0.29, 0.717) is 16.9 Å². The Balaban J connectivity index is 1.75. The Morgan fingerprint density at radius 2 is 1.88 bits per heavy atom. The summed E-state index contributed by atoms with van der Waals surface area (Å²) < 4.78 is 5.97. The molecule has 4 rings (SSSR count). The van der Waals surface area contributed by atoms with Gasteiger partial charge >= 0.3 is 0 Å². The fourth-order valence-electron chi connectivity index (χ4n) is 3.54. The summed E-state index contributed by atoms with van der Waals surface area (Å²) in [5.74, 6) is 0.241. The van der Waals surface area contributed by atoms with Gasteiger partial charge in [-0.3, -0.25) is 14.9 Å². The summed E-state index contributed by atoms with van der Waals surface area (Å²) in [7, 11) is 0. The lowest BCUT2D eigenvalue weighted by molar-refractivity contribution is -0.385. The van der Waals surface area contributed by atoms with Crippen LogP contribution in [0.2, 0.25) is 0 Å². The van der Waals surface area contributed by atoms with Gasteiger partial charge in [-0.15, -0.1) is 0 Å². The number of carbonyl (C=O) groups excluding carboxylic acids is 1. The van der Waals surface area contributed by atoms with Gasteiger partial charge in [-0.25, -0.2) is 0 Å². The van der Waals surface area contributed by atoms with Crippen molar-refractivity contribution in [2.75, 3.05) is 18.0 Å². The number of carbonyl (C=O) groups is 1. The van der Waals surface area contributed by atoms with E-state index < -0.39 is 11.2 Å². The minimum atomic E-state index is -0.755. The van der Waals surface area contributed by atoms with Gasteiger partial charge in [0.1, 0.15) is 5.75 Å². The van der Waals surface area contributed by atoms with E-state index in [4.69, 9.17) is 4.74 Å². The van der Waals surface area contributed by atoms with Crippen LogP contribution in [-0.4, -0.2) is 23.9 Å². The third-order valence-electron chi connectivity index (χ3n) is 4.84. The van der Waals surface area contributed by atoms with Crippen molar-refractivity contribution in [2.24, 2.45) is 0 Å². The maximum absolute atomic E-state index is 12.4. The van der Waals surface area contributed by atoms with Crippen LogP contribution in [0.1, 0.15) is 41.4 Å². The fraction of sp³-hybridized carbons (Fsp3) is 0.316. The van der Waals surface area contributed by atoms with E-state index in [1.54, 1.807) is 30.3 Å². The molecular weight excluding hydrogens is 334 g/mol. The van der Waals surface area contributed by atoms with Crippen LogP contribution >= 0.6 is 0 Å². The normalized spacial score (nSPS) is 19.3. The summed E-state index contributed by atoms with van der Waals surface area (Å²) in [6.07, 6.45) is 2.59. The zero-order valence-electron chi connectivity index (χ0n) is 14.2. The number of para-hydroxylation sites is 1. The molecule has 7 nitrogen and oxygen atoms in total. The van der Waals surface area contributed by atoms with E-state index in [-0.39, 0.29) is 11.6 Å². The van der Waals surface area contributed by atoms with Crippen molar-refractivity contribution in [3.8, 4) is 5.75 Å². The number of benzene rings is 2. The Bertz CT molecular complexity index is 862. The lowest BCUT2D eigenvalue weighted by Crippen LogP contribution is -2.38. The summed E-state index contributed by atoms with van der Waals surface area (Å²) in [6, 6.07) is 11.8. The van der Waals surface area contributed by atoms with Crippen LogP contribution in [0.4, 0.5) is 11.4 Å². The molecule has 0 unspecified atom stereocenters. The molecule has 0 aromatic heterocycles. The highest BCUT2D eigenvalue weighted by atomic mass is 16.6. The van der Waals surface area contributed by atoms with Gasteiger partial charge in [-0.05, 0) is 37.5 Å². The van der Waals surface area contributed by atoms with E-state index in [1.807, 2.05) is 0 Å². The number of non-ortho nitro benzene ring substituents is 1. The molecule has 2 aromatic carbocycles. The monoisotopic (exact) mass is 353 g/mol. The number of piperidine rings is 1. The number of nitrogens with zero attached hydrogens (tertiary/aromatic N) is 2. The van der Waals surface area contributed by atoms with E-state index >= 15 is 0 Å². The highest BCUT2D eigenvalue weighted by Gasteiger charge is 2.30. The van der Waals surface area contributed by atoms with Gasteiger partial charge in [-0.2, -0.15) is 0 Å². The second kappa shape index (κ2) is 6.67. The summed E-state index contributed by atoms with van der Waals surface area (Å²) in [6.45, 7) is 1.78.